The van der Waals surface area contributed by atoms with Gasteiger partial charge in [0.1, 0.15) is 12.4 Å². The molecule has 4 aromatic rings. The Morgan fingerprint density at radius 2 is 1.73 bits per heavy atom. The molecule has 4 bridgehead atoms. The average molecular weight is 682 g/mol. The van der Waals surface area contributed by atoms with Crippen molar-refractivity contribution in [1.29, 1.82) is 0 Å². The van der Waals surface area contributed by atoms with Gasteiger partial charge in [-0.15, -0.1) is 0 Å². The summed E-state index contributed by atoms with van der Waals surface area (Å²) in [6.07, 6.45) is 7.70. The number of sulfonamides is 1. The van der Waals surface area contributed by atoms with Crippen LogP contribution >= 0.6 is 0 Å². The van der Waals surface area contributed by atoms with Gasteiger partial charge in [-0.05, 0) is 80.2 Å². The van der Waals surface area contributed by atoms with E-state index in [0.717, 1.165) is 47.8 Å². The van der Waals surface area contributed by atoms with Gasteiger partial charge in [0.15, 0.2) is 0 Å². The molecular formula is C37H43N7O4S. The third-order valence-corrected chi connectivity index (χ3v) is 11.2. The number of amides is 1. The number of fused-ring (bicyclic) bond motifs is 5. The number of anilines is 2. The number of ether oxygens (including phenoxy) is 1. The van der Waals surface area contributed by atoms with Crippen LogP contribution in [0.25, 0.3) is 11.3 Å². The number of carbonyl (C=O) groups excluding carboxylic acids is 1. The van der Waals surface area contributed by atoms with Gasteiger partial charge in [0.05, 0.1) is 41.3 Å². The van der Waals surface area contributed by atoms with Crippen molar-refractivity contribution in [2.75, 3.05) is 22.8 Å². The van der Waals surface area contributed by atoms with Gasteiger partial charge in [-0.25, -0.2) is 23.1 Å². The lowest BCUT2D eigenvalue weighted by Crippen LogP contribution is -2.45. The van der Waals surface area contributed by atoms with Crippen molar-refractivity contribution >= 4 is 27.7 Å². The summed E-state index contributed by atoms with van der Waals surface area (Å²) in [5, 5.41) is 0. The summed E-state index contributed by atoms with van der Waals surface area (Å²) in [5.41, 5.74) is 4.08. The maximum atomic E-state index is 14.5. The van der Waals surface area contributed by atoms with E-state index in [4.69, 9.17) is 9.72 Å². The van der Waals surface area contributed by atoms with Crippen molar-refractivity contribution < 1.29 is 17.9 Å². The van der Waals surface area contributed by atoms with Gasteiger partial charge < -0.3 is 14.5 Å². The molecular weight excluding hydrogens is 639 g/mol. The Morgan fingerprint density at radius 3 is 2.45 bits per heavy atom. The Hall–Kier alpha value is -4.58. The Balaban J connectivity index is 1.32. The molecule has 2 fully saturated rings. The molecule has 256 valence electrons. The van der Waals surface area contributed by atoms with E-state index < -0.39 is 16.1 Å². The Kier molecular flexibility index (Phi) is 8.54. The summed E-state index contributed by atoms with van der Waals surface area (Å²) >= 11 is 0. The van der Waals surface area contributed by atoms with Gasteiger partial charge in [-0.2, -0.15) is 4.98 Å². The molecule has 3 atom stereocenters. The Bertz CT molecular complexity index is 1990. The van der Waals surface area contributed by atoms with Gasteiger partial charge >= 0.3 is 0 Å². The van der Waals surface area contributed by atoms with Gasteiger partial charge in [0, 0.05) is 29.8 Å². The second-order valence-electron chi connectivity index (χ2n) is 14.7. The van der Waals surface area contributed by atoms with Crippen molar-refractivity contribution in [3.05, 3.63) is 83.3 Å². The standard InChI is InChI=1S/C37H43N7O4S/c1-23-8-6-9-24(2)34(23)30-17-33-41-36(40-30)42-49(46,47)29-11-7-10-26(16-29)35(45)44(28(22-48-33)18-37(3,4)5)21-27-19-38-20-32(39-27)43-15-14-25-12-13-31(25)43/h6-11,16-17,19-20,25,28,31H,12-15,18,21-22H2,1-5H3,(H,40,41,42)/t25?,28-,31?/m1/s1. The van der Waals surface area contributed by atoms with E-state index in [1.54, 1.807) is 29.3 Å². The maximum absolute atomic E-state index is 14.5. The normalized spacial score (nSPS) is 21.7. The lowest BCUT2D eigenvalue weighted by atomic mass is 9.80. The quantitative estimate of drug-likeness (QED) is 0.262. The van der Waals surface area contributed by atoms with E-state index in [2.05, 4.69) is 45.3 Å². The molecule has 1 amide bonds. The molecule has 12 heteroatoms. The first kappa shape index (κ1) is 32.9. The summed E-state index contributed by atoms with van der Waals surface area (Å²) in [7, 11) is -4.17. The number of carbonyl (C=O) groups is 1. The molecule has 2 aromatic carbocycles. The van der Waals surface area contributed by atoms with Crippen LogP contribution in [-0.4, -0.2) is 64.4 Å². The van der Waals surface area contributed by atoms with Gasteiger partial charge in [0.2, 0.25) is 11.8 Å². The van der Waals surface area contributed by atoms with E-state index in [0.29, 0.717) is 23.9 Å². The molecule has 3 aliphatic rings. The number of nitrogens with zero attached hydrogens (tertiary/aromatic N) is 6. The van der Waals surface area contributed by atoms with E-state index in [-0.39, 0.29) is 46.8 Å². The second-order valence-corrected chi connectivity index (χ2v) is 16.4. The lowest BCUT2D eigenvalue weighted by Gasteiger charge is -2.37. The third kappa shape index (κ3) is 6.83. The molecule has 11 nitrogen and oxygen atoms in total. The van der Waals surface area contributed by atoms with Gasteiger partial charge in [0.25, 0.3) is 15.9 Å². The highest BCUT2D eigenvalue weighted by Gasteiger charge is 2.41. The lowest BCUT2D eigenvalue weighted by molar-refractivity contribution is 0.0509. The first-order valence-corrected chi connectivity index (χ1v) is 18.4. The first-order valence-electron chi connectivity index (χ1n) is 16.9. The summed E-state index contributed by atoms with van der Waals surface area (Å²) in [6, 6.07) is 13.8. The minimum Gasteiger partial charge on any atom is -0.475 e. The fourth-order valence-electron chi connectivity index (χ4n) is 7.38. The molecule has 1 aliphatic carbocycles. The number of aryl methyl sites for hydroxylation is 2. The zero-order chi connectivity index (χ0) is 34.5. The highest BCUT2D eigenvalue weighted by atomic mass is 32.2. The van der Waals surface area contributed by atoms with E-state index in [1.165, 1.54) is 18.6 Å². The molecule has 0 spiro atoms. The van der Waals surface area contributed by atoms with Crippen molar-refractivity contribution in [1.82, 2.24) is 24.8 Å². The SMILES string of the molecule is Cc1cccc(C)c1-c1cc2nc(n1)NS(=O)(=O)c1cccc(c1)C(=O)N(Cc1cncc(N3CCC4CCC43)n1)[C@H](CC(C)(C)C)CO2. The monoisotopic (exact) mass is 681 g/mol. The fourth-order valence-corrected chi connectivity index (χ4v) is 8.37. The van der Waals surface area contributed by atoms with Crippen LogP contribution < -0.4 is 14.4 Å². The summed E-state index contributed by atoms with van der Waals surface area (Å²) < 4.78 is 36.4. The van der Waals surface area contributed by atoms with Crippen LogP contribution in [0.3, 0.4) is 0 Å². The molecule has 4 heterocycles. The van der Waals surface area contributed by atoms with Crippen LogP contribution in [0.5, 0.6) is 5.88 Å². The van der Waals surface area contributed by atoms with Crippen LogP contribution in [0.1, 0.15) is 73.6 Å². The first-order chi connectivity index (χ1) is 23.3. The van der Waals surface area contributed by atoms with Crippen LogP contribution in [0, 0.1) is 25.2 Å². The van der Waals surface area contributed by atoms with Gasteiger partial charge in [-0.3, -0.25) is 9.78 Å². The largest absolute Gasteiger partial charge is 0.475 e. The predicted molar refractivity (Wildman–Crippen MR) is 188 cm³/mol. The third-order valence-electron chi connectivity index (χ3n) is 9.85. The molecule has 1 saturated heterocycles. The average Bonchev–Trinajstić information content (AvgIpc) is 3.33. The molecule has 2 unspecified atom stereocenters. The fraction of sp³-hybridized carbons (Fsp3) is 0.432. The number of hydrogen-bond acceptors (Lipinski definition) is 9. The maximum Gasteiger partial charge on any atom is 0.264 e. The minimum absolute atomic E-state index is 0.0701. The van der Waals surface area contributed by atoms with E-state index in [9.17, 15) is 13.2 Å². The zero-order valence-corrected chi connectivity index (χ0v) is 29.5. The van der Waals surface area contributed by atoms with E-state index >= 15 is 0 Å². The Labute approximate surface area is 288 Å². The molecule has 0 radical (unpaired) electrons. The van der Waals surface area contributed by atoms with Crippen LogP contribution in [0.15, 0.2) is 65.8 Å². The molecule has 1 saturated carbocycles. The topological polar surface area (TPSA) is 131 Å². The number of rotatable bonds is 5. The second kappa shape index (κ2) is 12.7. The highest BCUT2D eigenvalue weighted by Crippen LogP contribution is 2.42. The summed E-state index contributed by atoms with van der Waals surface area (Å²) in [4.78, 5) is 37.3. The van der Waals surface area contributed by atoms with Crippen molar-refractivity contribution in [2.45, 2.75) is 83.8 Å². The van der Waals surface area contributed by atoms with Crippen LogP contribution in [0.4, 0.5) is 11.8 Å². The van der Waals surface area contributed by atoms with E-state index in [1.807, 2.05) is 38.2 Å². The van der Waals surface area contributed by atoms with Gasteiger partial charge in [-0.1, -0.05) is 45.0 Å². The molecule has 1 N–H and O–H groups in total. The number of hydrogen-bond donors (Lipinski definition) is 1. The number of benzene rings is 2. The molecule has 7 rings (SSSR count). The van der Waals surface area contributed by atoms with Crippen molar-refractivity contribution in [2.24, 2.45) is 11.3 Å². The molecule has 2 aliphatic heterocycles. The number of nitrogens with one attached hydrogen (secondary N) is 1. The van der Waals surface area contributed by atoms with Crippen LogP contribution in [0.2, 0.25) is 0 Å². The van der Waals surface area contributed by atoms with Crippen molar-refractivity contribution in [3.8, 4) is 17.1 Å². The molecule has 2 aromatic heterocycles. The zero-order valence-electron chi connectivity index (χ0n) is 28.7. The summed E-state index contributed by atoms with van der Waals surface area (Å²) in [6.45, 7) is 11.6. The molecule has 49 heavy (non-hydrogen) atoms. The highest BCUT2D eigenvalue weighted by molar-refractivity contribution is 7.92. The Morgan fingerprint density at radius 1 is 0.959 bits per heavy atom. The smallest absolute Gasteiger partial charge is 0.264 e. The predicted octanol–water partition coefficient (Wildman–Crippen LogP) is 6.18. The van der Waals surface area contributed by atoms with Crippen molar-refractivity contribution in [3.63, 3.8) is 0 Å². The summed E-state index contributed by atoms with van der Waals surface area (Å²) in [5.74, 6) is 1.32. The van der Waals surface area contributed by atoms with Crippen LogP contribution in [-0.2, 0) is 16.6 Å². The number of aromatic nitrogens is 4. The minimum atomic E-state index is -4.17.